The molecule has 0 saturated heterocycles. The van der Waals surface area contributed by atoms with E-state index in [4.69, 9.17) is 10.7 Å². The summed E-state index contributed by atoms with van der Waals surface area (Å²) in [4.78, 5) is 20.5. The zero-order chi connectivity index (χ0) is 26.2. The molecule has 0 aliphatic carbocycles. The predicted octanol–water partition coefficient (Wildman–Crippen LogP) is 7.14. The molecule has 0 aliphatic heterocycles. The molecule has 37 heavy (non-hydrogen) atoms. The third kappa shape index (κ3) is 5.11. The van der Waals surface area contributed by atoms with Gasteiger partial charge in [0.1, 0.15) is 5.65 Å². The highest BCUT2D eigenvalue weighted by Gasteiger charge is 2.30. The molecular formula is C28H22F3N5O. The van der Waals surface area contributed by atoms with Crippen LogP contribution in [0.5, 0.6) is 0 Å². The summed E-state index contributed by atoms with van der Waals surface area (Å²) in [6, 6.07) is 20.8. The van der Waals surface area contributed by atoms with Crippen molar-refractivity contribution < 1.29 is 18.0 Å². The van der Waals surface area contributed by atoms with E-state index in [0.29, 0.717) is 22.7 Å². The summed E-state index contributed by atoms with van der Waals surface area (Å²) in [5.74, 6) is -0.637. The molecule has 1 amide bonds. The number of nitrogen functional groups attached to an aromatic ring is 1. The van der Waals surface area contributed by atoms with Gasteiger partial charge in [0, 0.05) is 39.8 Å². The maximum absolute atomic E-state index is 13.1. The first kappa shape index (κ1) is 23.9. The Morgan fingerprint density at radius 3 is 2.54 bits per heavy atom. The summed E-state index contributed by atoms with van der Waals surface area (Å²) < 4.78 is 39.2. The highest BCUT2D eigenvalue weighted by atomic mass is 19.4. The van der Waals surface area contributed by atoms with E-state index in [1.54, 1.807) is 24.4 Å². The zero-order valence-corrected chi connectivity index (χ0v) is 19.6. The van der Waals surface area contributed by atoms with Crippen molar-refractivity contribution in [3.05, 3.63) is 102 Å². The van der Waals surface area contributed by atoms with E-state index in [1.807, 2.05) is 43.3 Å². The van der Waals surface area contributed by atoms with E-state index in [1.165, 1.54) is 12.1 Å². The van der Waals surface area contributed by atoms with Gasteiger partial charge >= 0.3 is 6.18 Å². The highest BCUT2D eigenvalue weighted by molar-refractivity contribution is 6.05. The maximum atomic E-state index is 13.1. The maximum Gasteiger partial charge on any atom is 0.416 e. The van der Waals surface area contributed by atoms with E-state index < -0.39 is 17.6 Å². The number of halogens is 3. The second kappa shape index (κ2) is 9.34. The molecule has 0 fully saturated rings. The van der Waals surface area contributed by atoms with Gasteiger partial charge < -0.3 is 21.4 Å². The van der Waals surface area contributed by atoms with Gasteiger partial charge in [-0.2, -0.15) is 13.2 Å². The molecule has 5 N–H and O–H groups in total. The van der Waals surface area contributed by atoms with Gasteiger partial charge in [0.2, 0.25) is 0 Å². The van der Waals surface area contributed by atoms with Crippen LogP contribution < -0.4 is 16.4 Å². The lowest BCUT2D eigenvalue weighted by Crippen LogP contribution is -2.14. The average Bonchev–Trinajstić information content (AvgIpc) is 3.35. The average molecular weight is 502 g/mol. The molecule has 0 atom stereocenters. The van der Waals surface area contributed by atoms with E-state index in [9.17, 15) is 18.0 Å². The van der Waals surface area contributed by atoms with Crippen molar-refractivity contribution in [3.63, 3.8) is 0 Å². The van der Waals surface area contributed by atoms with Crippen molar-refractivity contribution in [1.29, 1.82) is 0 Å². The van der Waals surface area contributed by atoms with E-state index in [0.717, 1.165) is 40.0 Å². The van der Waals surface area contributed by atoms with Crippen LogP contribution in [0, 0.1) is 6.92 Å². The second-order valence-corrected chi connectivity index (χ2v) is 8.61. The van der Waals surface area contributed by atoms with Crippen molar-refractivity contribution in [1.82, 2.24) is 9.97 Å². The molecule has 3 aromatic carbocycles. The number of hydrogen-bond acceptors (Lipinski definition) is 4. The lowest BCUT2D eigenvalue weighted by atomic mass is 10.1. The molecule has 0 radical (unpaired) electrons. The van der Waals surface area contributed by atoms with Crippen LogP contribution in [0.2, 0.25) is 0 Å². The van der Waals surface area contributed by atoms with Crippen LogP contribution in [-0.2, 0) is 6.18 Å². The van der Waals surface area contributed by atoms with Gasteiger partial charge in [-0.25, -0.2) is 4.98 Å². The molecule has 0 aliphatic rings. The number of nitrogens with one attached hydrogen (secondary N) is 3. The first-order valence-electron chi connectivity index (χ1n) is 11.4. The Kier molecular flexibility index (Phi) is 6.04. The number of carbonyl (C=O) groups is 1. The summed E-state index contributed by atoms with van der Waals surface area (Å²) in [6.45, 7) is 1.91. The van der Waals surface area contributed by atoms with Gasteiger partial charge in [-0.3, -0.25) is 4.79 Å². The Labute approximate surface area is 210 Å². The Hall–Kier alpha value is -4.79. The summed E-state index contributed by atoms with van der Waals surface area (Å²) in [5, 5.41) is 6.97. The minimum absolute atomic E-state index is 0.0835. The molecular weight excluding hydrogens is 479 g/mol. The number of nitrogens with zero attached hydrogens (tertiary/aromatic N) is 1. The number of nitrogens with two attached hydrogens (primary N) is 1. The van der Waals surface area contributed by atoms with Crippen LogP contribution in [0.25, 0.3) is 22.3 Å². The van der Waals surface area contributed by atoms with E-state index in [2.05, 4.69) is 15.6 Å². The molecule has 2 aromatic heterocycles. The lowest BCUT2D eigenvalue weighted by Gasteiger charge is -2.15. The third-order valence-electron chi connectivity index (χ3n) is 5.93. The fraction of sp³-hybridized carbons (Fsp3) is 0.0714. The van der Waals surface area contributed by atoms with Gasteiger partial charge in [-0.15, -0.1) is 0 Å². The van der Waals surface area contributed by atoms with E-state index >= 15 is 0 Å². The normalized spacial score (nSPS) is 11.5. The fourth-order valence-electron chi connectivity index (χ4n) is 4.01. The number of hydrogen-bond donors (Lipinski definition) is 4. The number of amides is 1. The van der Waals surface area contributed by atoms with Crippen LogP contribution in [0.4, 0.5) is 35.9 Å². The second-order valence-electron chi connectivity index (χ2n) is 8.61. The van der Waals surface area contributed by atoms with Crippen molar-refractivity contribution >= 4 is 39.7 Å². The molecule has 5 aromatic rings. The standard InChI is InChI=1S/C28H22F3N5O/c1-16-8-9-21(34-27(37)18-5-2-6-19(12-18)28(29,30)31)14-23(16)35-25-15-24(17-4-3-7-20(32)13-17)36-26-22(25)10-11-33-26/h2-15H,32H2,1H3,(H,34,37)(H2,33,35,36). The summed E-state index contributed by atoms with van der Waals surface area (Å²) in [5.41, 5.74) is 10.7. The Bertz CT molecular complexity index is 1620. The molecule has 0 bridgehead atoms. The number of H-pyrrole nitrogens is 1. The SMILES string of the molecule is Cc1ccc(NC(=O)c2cccc(C(F)(F)F)c2)cc1Nc1cc(-c2cccc(N)c2)nc2[nH]ccc12. The number of rotatable bonds is 5. The number of aryl methyl sites for hydroxylation is 1. The Balaban J connectivity index is 1.45. The summed E-state index contributed by atoms with van der Waals surface area (Å²) in [6.07, 6.45) is -2.74. The number of alkyl halides is 3. The van der Waals surface area contributed by atoms with Crippen LogP contribution in [-0.4, -0.2) is 15.9 Å². The Morgan fingerprint density at radius 1 is 0.946 bits per heavy atom. The fourth-order valence-corrected chi connectivity index (χ4v) is 4.01. The van der Waals surface area contributed by atoms with Crippen LogP contribution >= 0.6 is 0 Å². The van der Waals surface area contributed by atoms with Crippen LogP contribution in [0.1, 0.15) is 21.5 Å². The summed E-state index contributed by atoms with van der Waals surface area (Å²) in [7, 11) is 0. The van der Waals surface area contributed by atoms with E-state index in [-0.39, 0.29) is 5.56 Å². The predicted molar refractivity (Wildman–Crippen MR) is 140 cm³/mol. The smallest absolute Gasteiger partial charge is 0.399 e. The van der Waals surface area contributed by atoms with Gasteiger partial charge in [0.25, 0.3) is 5.91 Å². The zero-order valence-electron chi connectivity index (χ0n) is 19.6. The minimum Gasteiger partial charge on any atom is -0.399 e. The monoisotopic (exact) mass is 501 g/mol. The number of benzene rings is 3. The van der Waals surface area contributed by atoms with Gasteiger partial charge in [0.05, 0.1) is 16.9 Å². The third-order valence-corrected chi connectivity index (χ3v) is 5.93. The first-order chi connectivity index (χ1) is 17.7. The van der Waals surface area contributed by atoms with Crippen LogP contribution in [0.15, 0.2) is 85.1 Å². The van der Waals surface area contributed by atoms with Crippen molar-refractivity contribution in [2.45, 2.75) is 13.1 Å². The van der Waals surface area contributed by atoms with Crippen molar-refractivity contribution in [2.75, 3.05) is 16.4 Å². The molecule has 0 unspecified atom stereocenters. The number of anilines is 4. The number of carbonyl (C=O) groups excluding carboxylic acids is 1. The number of aromatic amines is 1. The molecule has 0 saturated carbocycles. The summed E-state index contributed by atoms with van der Waals surface area (Å²) >= 11 is 0. The molecule has 6 nitrogen and oxygen atoms in total. The van der Waals surface area contributed by atoms with Gasteiger partial charge in [0.15, 0.2) is 0 Å². The molecule has 5 rings (SSSR count). The quantitative estimate of drug-likeness (QED) is 0.193. The molecule has 0 spiro atoms. The Morgan fingerprint density at radius 2 is 1.76 bits per heavy atom. The van der Waals surface area contributed by atoms with Crippen molar-refractivity contribution in [2.24, 2.45) is 0 Å². The first-order valence-corrected chi connectivity index (χ1v) is 11.4. The van der Waals surface area contributed by atoms with Crippen LogP contribution in [0.3, 0.4) is 0 Å². The highest BCUT2D eigenvalue weighted by Crippen LogP contribution is 2.33. The topological polar surface area (TPSA) is 95.8 Å². The molecule has 9 heteroatoms. The minimum atomic E-state index is -4.53. The van der Waals surface area contributed by atoms with Crippen molar-refractivity contribution in [3.8, 4) is 11.3 Å². The lowest BCUT2D eigenvalue weighted by molar-refractivity contribution is -0.137. The number of pyridine rings is 1. The van der Waals surface area contributed by atoms with Gasteiger partial charge in [-0.05, 0) is 67.1 Å². The molecule has 186 valence electrons. The number of aromatic nitrogens is 2. The molecule has 2 heterocycles. The largest absolute Gasteiger partial charge is 0.416 e. The number of fused-ring (bicyclic) bond motifs is 1. The van der Waals surface area contributed by atoms with Gasteiger partial charge in [-0.1, -0.05) is 24.3 Å².